The van der Waals surface area contributed by atoms with Crippen molar-refractivity contribution < 1.29 is 4.79 Å². The molecule has 1 rings (SSSR count). The highest BCUT2D eigenvalue weighted by Gasteiger charge is 2.15. The fourth-order valence-electron chi connectivity index (χ4n) is 1.74. The molecule has 0 saturated heterocycles. The molecule has 0 bridgehead atoms. The van der Waals surface area contributed by atoms with E-state index in [-0.39, 0.29) is 17.2 Å². The first-order valence-corrected chi connectivity index (χ1v) is 8.35. The zero-order valence-electron chi connectivity index (χ0n) is 13.2. The van der Waals surface area contributed by atoms with Crippen molar-refractivity contribution in [3.63, 3.8) is 0 Å². The topological polar surface area (TPSA) is 58.1 Å². The Bertz CT molecular complexity index is 486. The monoisotopic (exact) mass is 330 g/mol. The van der Waals surface area contributed by atoms with Crippen LogP contribution in [0.3, 0.4) is 0 Å². The molecule has 1 N–H and O–H groups in total. The molecule has 0 atom stereocenters. The third-order valence-electron chi connectivity index (χ3n) is 2.60. The van der Waals surface area contributed by atoms with Gasteiger partial charge in [0.25, 0.3) is 0 Å². The molecule has 0 saturated carbocycles. The van der Waals surface area contributed by atoms with Crippen LogP contribution >= 0.6 is 23.4 Å². The van der Waals surface area contributed by atoms with Gasteiger partial charge in [-0.2, -0.15) is 0 Å². The Labute approximate surface area is 135 Å². The average molecular weight is 331 g/mol. The zero-order valence-corrected chi connectivity index (χ0v) is 14.8. The van der Waals surface area contributed by atoms with E-state index in [9.17, 15) is 4.79 Å². The first kappa shape index (κ1) is 18.0. The SMILES string of the molecule is CCN(CC)c1cc(Cl)nc(SCC(=O)NC(C)(C)C)n1. The molecule has 7 heteroatoms. The molecule has 0 spiro atoms. The average Bonchev–Trinajstić information content (AvgIpc) is 2.35. The van der Waals surface area contributed by atoms with Gasteiger partial charge in [-0.1, -0.05) is 23.4 Å². The van der Waals surface area contributed by atoms with Crippen LogP contribution < -0.4 is 10.2 Å². The van der Waals surface area contributed by atoms with E-state index in [1.54, 1.807) is 6.07 Å². The summed E-state index contributed by atoms with van der Waals surface area (Å²) in [6.07, 6.45) is 0. The van der Waals surface area contributed by atoms with E-state index in [1.165, 1.54) is 11.8 Å². The van der Waals surface area contributed by atoms with Crippen molar-refractivity contribution in [1.82, 2.24) is 15.3 Å². The largest absolute Gasteiger partial charge is 0.357 e. The van der Waals surface area contributed by atoms with Gasteiger partial charge in [-0.05, 0) is 34.6 Å². The second kappa shape index (κ2) is 7.84. The molecule has 0 radical (unpaired) electrons. The van der Waals surface area contributed by atoms with Gasteiger partial charge in [0.1, 0.15) is 11.0 Å². The Morgan fingerprint density at radius 2 is 1.95 bits per heavy atom. The van der Waals surface area contributed by atoms with E-state index < -0.39 is 0 Å². The van der Waals surface area contributed by atoms with E-state index in [4.69, 9.17) is 11.6 Å². The molecule has 1 aromatic rings. The molecular weight excluding hydrogens is 308 g/mol. The van der Waals surface area contributed by atoms with E-state index >= 15 is 0 Å². The van der Waals surface area contributed by atoms with E-state index in [1.807, 2.05) is 20.8 Å². The smallest absolute Gasteiger partial charge is 0.230 e. The number of thioether (sulfide) groups is 1. The van der Waals surface area contributed by atoms with Gasteiger partial charge in [0, 0.05) is 24.7 Å². The van der Waals surface area contributed by atoms with Crippen LogP contribution in [0.25, 0.3) is 0 Å². The molecule has 118 valence electrons. The third kappa shape index (κ3) is 6.52. The first-order valence-electron chi connectivity index (χ1n) is 6.98. The quantitative estimate of drug-likeness (QED) is 0.493. The molecule has 0 aromatic carbocycles. The number of hydrogen-bond donors (Lipinski definition) is 1. The van der Waals surface area contributed by atoms with Gasteiger partial charge in [-0.3, -0.25) is 4.79 Å². The van der Waals surface area contributed by atoms with Gasteiger partial charge in [-0.25, -0.2) is 9.97 Å². The summed E-state index contributed by atoms with van der Waals surface area (Å²) >= 11 is 7.33. The molecular formula is C14H23ClN4OS. The first-order chi connectivity index (χ1) is 9.75. The maximum absolute atomic E-state index is 11.8. The molecule has 0 unspecified atom stereocenters. The lowest BCUT2D eigenvalue weighted by molar-refractivity contribution is -0.119. The van der Waals surface area contributed by atoms with E-state index in [0.717, 1.165) is 18.9 Å². The minimum atomic E-state index is -0.237. The zero-order chi connectivity index (χ0) is 16.0. The molecule has 1 amide bonds. The van der Waals surface area contributed by atoms with Crippen LogP contribution in [0.5, 0.6) is 0 Å². The number of nitrogens with one attached hydrogen (secondary N) is 1. The highest BCUT2D eigenvalue weighted by atomic mass is 35.5. The summed E-state index contributed by atoms with van der Waals surface area (Å²) < 4.78 is 0. The number of nitrogens with zero attached hydrogens (tertiary/aromatic N) is 3. The lowest BCUT2D eigenvalue weighted by Gasteiger charge is -2.21. The number of amides is 1. The van der Waals surface area contributed by atoms with Gasteiger partial charge < -0.3 is 10.2 Å². The van der Waals surface area contributed by atoms with Crippen LogP contribution in [0, 0.1) is 0 Å². The van der Waals surface area contributed by atoms with Gasteiger partial charge in [0.2, 0.25) is 5.91 Å². The molecule has 5 nitrogen and oxygen atoms in total. The second-order valence-corrected chi connectivity index (χ2v) is 6.92. The molecule has 0 aliphatic heterocycles. The molecule has 0 aliphatic rings. The fraction of sp³-hybridized carbons (Fsp3) is 0.643. The minimum Gasteiger partial charge on any atom is -0.357 e. The van der Waals surface area contributed by atoms with Crippen LogP contribution in [0.15, 0.2) is 11.2 Å². The number of carbonyl (C=O) groups excluding carboxylic acids is 1. The molecule has 1 aromatic heterocycles. The van der Waals surface area contributed by atoms with Crippen LogP contribution in [0.1, 0.15) is 34.6 Å². The van der Waals surface area contributed by atoms with Crippen LogP contribution in [0.4, 0.5) is 5.82 Å². The lowest BCUT2D eigenvalue weighted by atomic mass is 10.1. The maximum atomic E-state index is 11.8. The molecule has 0 fully saturated rings. The number of anilines is 1. The van der Waals surface area contributed by atoms with Gasteiger partial charge in [0.15, 0.2) is 5.16 Å². The number of carbonyl (C=O) groups is 1. The van der Waals surface area contributed by atoms with Crippen molar-refractivity contribution in [2.75, 3.05) is 23.7 Å². The molecule has 1 heterocycles. The van der Waals surface area contributed by atoms with Gasteiger partial charge in [-0.15, -0.1) is 0 Å². The number of aromatic nitrogens is 2. The van der Waals surface area contributed by atoms with Gasteiger partial charge >= 0.3 is 0 Å². The van der Waals surface area contributed by atoms with Crippen molar-refractivity contribution in [3.05, 3.63) is 11.2 Å². The number of rotatable bonds is 6. The Hall–Kier alpha value is -1.01. The Morgan fingerprint density at radius 1 is 1.33 bits per heavy atom. The standard InChI is InChI=1S/C14H23ClN4OS/c1-6-19(7-2)11-8-10(15)16-13(17-11)21-9-12(20)18-14(3,4)5/h8H,6-7,9H2,1-5H3,(H,18,20). The summed E-state index contributed by atoms with van der Waals surface area (Å²) in [7, 11) is 0. The van der Waals surface area contributed by atoms with E-state index in [2.05, 4.69) is 34.0 Å². The van der Waals surface area contributed by atoms with E-state index in [0.29, 0.717) is 10.3 Å². The second-order valence-electron chi connectivity index (χ2n) is 5.59. The van der Waals surface area contributed by atoms with Crippen molar-refractivity contribution >= 4 is 35.1 Å². The van der Waals surface area contributed by atoms with Crippen LogP contribution in [-0.4, -0.2) is 40.3 Å². The van der Waals surface area contributed by atoms with Crippen molar-refractivity contribution in [3.8, 4) is 0 Å². The normalized spacial score (nSPS) is 11.3. The summed E-state index contributed by atoms with van der Waals surface area (Å²) in [4.78, 5) is 22.5. The van der Waals surface area contributed by atoms with Crippen molar-refractivity contribution in [1.29, 1.82) is 0 Å². The molecule has 0 aliphatic carbocycles. The van der Waals surface area contributed by atoms with Crippen LogP contribution in [0.2, 0.25) is 5.15 Å². The predicted molar refractivity (Wildman–Crippen MR) is 89.2 cm³/mol. The maximum Gasteiger partial charge on any atom is 0.230 e. The van der Waals surface area contributed by atoms with Crippen LogP contribution in [-0.2, 0) is 4.79 Å². The number of hydrogen-bond acceptors (Lipinski definition) is 5. The summed E-state index contributed by atoms with van der Waals surface area (Å²) in [6.45, 7) is 11.7. The minimum absolute atomic E-state index is 0.0412. The number of halogens is 1. The third-order valence-corrected chi connectivity index (χ3v) is 3.64. The summed E-state index contributed by atoms with van der Waals surface area (Å²) in [5.74, 6) is 1.02. The van der Waals surface area contributed by atoms with Crippen molar-refractivity contribution in [2.24, 2.45) is 0 Å². The summed E-state index contributed by atoms with van der Waals surface area (Å²) in [6, 6.07) is 1.74. The van der Waals surface area contributed by atoms with Crippen molar-refractivity contribution in [2.45, 2.75) is 45.3 Å². The highest BCUT2D eigenvalue weighted by molar-refractivity contribution is 7.99. The van der Waals surface area contributed by atoms with Gasteiger partial charge in [0.05, 0.1) is 5.75 Å². The predicted octanol–water partition coefficient (Wildman–Crippen LogP) is 2.98. The Balaban J connectivity index is 2.73. The molecule has 21 heavy (non-hydrogen) atoms. The summed E-state index contributed by atoms with van der Waals surface area (Å²) in [5, 5.41) is 3.82. The fourth-order valence-corrected chi connectivity index (χ4v) is 2.63. The Kier molecular flexibility index (Phi) is 6.74. The lowest BCUT2D eigenvalue weighted by Crippen LogP contribution is -2.41. The highest BCUT2D eigenvalue weighted by Crippen LogP contribution is 2.21. The Morgan fingerprint density at radius 3 is 2.48 bits per heavy atom. The summed E-state index contributed by atoms with van der Waals surface area (Å²) in [5.41, 5.74) is -0.237.